The van der Waals surface area contributed by atoms with Crippen LogP contribution in [0.25, 0.3) is 0 Å². The van der Waals surface area contributed by atoms with Crippen molar-refractivity contribution in [1.82, 2.24) is 9.88 Å². The van der Waals surface area contributed by atoms with Gasteiger partial charge in [0.25, 0.3) is 5.91 Å². The van der Waals surface area contributed by atoms with E-state index in [9.17, 15) is 4.79 Å². The maximum absolute atomic E-state index is 12.6. The van der Waals surface area contributed by atoms with Gasteiger partial charge in [-0.25, -0.2) is 0 Å². The van der Waals surface area contributed by atoms with Crippen LogP contribution in [0.2, 0.25) is 0 Å². The van der Waals surface area contributed by atoms with Crippen LogP contribution in [0.15, 0.2) is 30.3 Å². The molecular weight excluding hydrogens is 346 g/mol. The van der Waals surface area contributed by atoms with E-state index in [1.54, 1.807) is 0 Å². The zero-order chi connectivity index (χ0) is 17.8. The Morgan fingerprint density at radius 1 is 1.15 bits per heavy atom. The highest BCUT2D eigenvalue weighted by Crippen LogP contribution is 2.32. The summed E-state index contributed by atoms with van der Waals surface area (Å²) in [6.07, 6.45) is 7.21. The number of nitrogens with one attached hydrogen (secondary N) is 1. The summed E-state index contributed by atoms with van der Waals surface area (Å²) in [5.41, 5.74) is 10.8. The number of nitrogen functional groups attached to an aromatic ring is 1. The number of hydrogen-bond donors (Lipinski definition) is 2. The van der Waals surface area contributed by atoms with E-state index in [1.165, 1.54) is 43.4 Å². The highest BCUT2D eigenvalue weighted by Gasteiger charge is 2.22. The first-order valence-corrected chi connectivity index (χ1v) is 9.37. The fourth-order valence-electron chi connectivity index (χ4n) is 4.01. The van der Waals surface area contributed by atoms with Gasteiger partial charge < -0.3 is 15.6 Å². The van der Waals surface area contributed by atoms with Crippen LogP contribution in [0.1, 0.15) is 65.5 Å². The highest BCUT2D eigenvalue weighted by molar-refractivity contribution is 5.95. The predicted octanol–water partition coefficient (Wildman–Crippen LogP) is 4.59. The van der Waals surface area contributed by atoms with Gasteiger partial charge in [0.15, 0.2) is 0 Å². The van der Waals surface area contributed by atoms with Crippen LogP contribution in [0.5, 0.6) is 0 Å². The van der Waals surface area contributed by atoms with E-state index in [4.69, 9.17) is 5.73 Å². The molecule has 0 aliphatic heterocycles. The van der Waals surface area contributed by atoms with Gasteiger partial charge in [-0.2, -0.15) is 0 Å². The summed E-state index contributed by atoms with van der Waals surface area (Å²) in [6, 6.07) is 10.4. The van der Waals surface area contributed by atoms with Crippen molar-refractivity contribution in [2.75, 3.05) is 12.3 Å². The summed E-state index contributed by atoms with van der Waals surface area (Å²) in [5, 5.41) is 3.06. The van der Waals surface area contributed by atoms with E-state index in [1.807, 2.05) is 30.3 Å². The maximum Gasteiger partial charge on any atom is 0.253 e. The van der Waals surface area contributed by atoms with Gasteiger partial charge in [-0.3, -0.25) is 4.79 Å². The second kappa shape index (κ2) is 9.13. The summed E-state index contributed by atoms with van der Waals surface area (Å²) >= 11 is 0. The minimum atomic E-state index is 0. The third kappa shape index (κ3) is 4.61. The lowest BCUT2D eigenvalue weighted by atomic mass is 9.95. The fraction of sp³-hybridized carbons (Fsp3) is 0.476. The maximum atomic E-state index is 12.6. The van der Waals surface area contributed by atoms with Crippen LogP contribution in [-0.2, 0) is 6.42 Å². The van der Waals surface area contributed by atoms with Crippen molar-refractivity contribution in [3.63, 3.8) is 0 Å². The molecule has 0 radical (unpaired) electrons. The number of anilines is 1. The molecule has 3 N–H and O–H groups in total. The molecule has 0 saturated heterocycles. The Hall–Kier alpha value is -1.94. The van der Waals surface area contributed by atoms with Crippen molar-refractivity contribution >= 4 is 24.0 Å². The van der Waals surface area contributed by atoms with Crippen molar-refractivity contribution in [2.45, 2.75) is 58.4 Å². The Labute approximate surface area is 162 Å². The van der Waals surface area contributed by atoms with Crippen LogP contribution in [-0.4, -0.2) is 17.0 Å². The quantitative estimate of drug-likeness (QED) is 0.751. The van der Waals surface area contributed by atoms with E-state index >= 15 is 0 Å². The Kier molecular flexibility index (Phi) is 7.15. The second-order valence-corrected chi connectivity index (χ2v) is 7.19. The molecule has 1 heterocycles. The van der Waals surface area contributed by atoms with Gasteiger partial charge in [0.2, 0.25) is 0 Å². The van der Waals surface area contributed by atoms with Gasteiger partial charge in [0.05, 0.1) is 5.56 Å². The number of rotatable bonds is 5. The molecule has 2 aromatic rings. The number of carbonyl (C=O) groups excluding carboxylic acids is 1. The zero-order valence-corrected chi connectivity index (χ0v) is 16.6. The lowest BCUT2D eigenvalue weighted by molar-refractivity contribution is 0.0953. The largest absolute Gasteiger partial charge is 0.399 e. The molecule has 3 rings (SSSR count). The van der Waals surface area contributed by atoms with Crippen molar-refractivity contribution in [3.05, 3.63) is 52.8 Å². The Balaban J connectivity index is 0.00000243. The van der Waals surface area contributed by atoms with E-state index in [2.05, 4.69) is 23.7 Å². The molecule has 1 aromatic heterocycles. The van der Waals surface area contributed by atoms with Gasteiger partial charge in [0, 0.05) is 29.7 Å². The highest BCUT2D eigenvalue weighted by atomic mass is 35.5. The number of aromatic nitrogens is 1. The molecule has 1 fully saturated rings. The first-order valence-electron chi connectivity index (χ1n) is 9.37. The molecule has 0 atom stereocenters. The van der Waals surface area contributed by atoms with Crippen LogP contribution < -0.4 is 11.1 Å². The smallest absolute Gasteiger partial charge is 0.253 e. The molecule has 0 bridgehead atoms. The van der Waals surface area contributed by atoms with Crippen LogP contribution in [0.4, 0.5) is 5.69 Å². The Bertz CT molecular complexity index is 730. The van der Waals surface area contributed by atoms with Crippen molar-refractivity contribution in [2.24, 2.45) is 0 Å². The number of carbonyl (C=O) groups is 1. The zero-order valence-electron chi connectivity index (χ0n) is 15.8. The molecular formula is C21H30ClN3O. The summed E-state index contributed by atoms with van der Waals surface area (Å²) in [7, 11) is 0. The van der Waals surface area contributed by atoms with Crippen molar-refractivity contribution in [3.8, 4) is 0 Å². The van der Waals surface area contributed by atoms with Gasteiger partial charge >= 0.3 is 0 Å². The van der Waals surface area contributed by atoms with Gasteiger partial charge in [-0.05, 0) is 56.9 Å². The molecule has 5 heteroatoms. The minimum absolute atomic E-state index is 0. The molecule has 26 heavy (non-hydrogen) atoms. The molecule has 142 valence electrons. The number of amides is 1. The number of halogens is 1. The summed E-state index contributed by atoms with van der Waals surface area (Å²) in [5.74, 6) is 0.0330. The number of hydrogen-bond acceptors (Lipinski definition) is 2. The first kappa shape index (κ1) is 20.4. The molecule has 0 unspecified atom stereocenters. The fourth-order valence-corrected chi connectivity index (χ4v) is 4.01. The second-order valence-electron chi connectivity index (χ2n) is 7.19. The van der Waals surface area contributed by atoms with Crippen LogP contribution >= 0.6 is 12.4 Å². The number of nitrogens with zero attached hydrogens (tertiary/aromatic N) is 1. The molecule has 1 aliphatic carbocycles. The minimum Gasteiger partial charge on any atom is -0.399 e. The topological polar surface area (TPSA) is 60.1 Å². The lowest BCUT2D eigenvalue weighted by Crippen LogP contribution is -2.26. The van der Waals surface area contributed by atoms with Crippen LogP contribution in [0.3, 0.4) is 0 Å². The number of benzene rings is 1. The Morgan fingerprint density at radius 3 is 2.46 bits per heavy atom. The lowest BCUT2D eigenvalue weighted by Gasteiger charge is -2.26. The molecule has 4 nitrogen and oxygen atoms in total. The molecule has 1 amide bonds. The summed E-state index contributed by atoms with van der Waals surface area (Å²) in [6.45, 7) is 4.83. The predicted molar refractivity (Wildman–Crippen MR) is 110 cm³/mol. The summed E-state index contributed by atoms with van der Waals surface area (Å²) in [4.78, 5) is 12.6. The van der Waals surface area contributed by atoms with Crippen LogP contribution in [0, 0.1) is 13.8 Å². The molecule has 0 spiro atoms. The molecule has 1 aromatic carbocycles. The number of aryl methyl sites for hydroxylation is 1. The van der Waals surface area contributed by atoms with E-state index in [0.29, 0.717) is 12.6 Å². The van der Waals surface area contributed by atoms with Gasteiger partial charge in [-0.1, -0.05) is 31.4 Å². The molecule has 1 aliphatic rings. The average molecular weight is 376 g/mol. The third-order valence-electron chi connectivity index (χ3n) is 5.35. The number of nitrogens with two attached hydrogens (primary N) is 1. The van der Waals surface area contributed by atoms with Gasteiger partial charge in [0.1, 0.15) is 0 Å². The Morgan fingerprint density at radius 2 is 1.81 bits per heavy atom. The molecule has 1 saturated carbocycles. The van der Waals surface area contributed by atoms with Crippen molar-refractivity contribution < 1.29 is 4.79 Å². The first-order chi connectivity index (χ1) is 12.1. The summed E-state index contributed by atoms with van der Waals surface area (Å²) < 4.78 is 2.38. The average Bonchev–Trinajstić information content (AvgIpc) is 2.92. The van der Waals surface area contributed by atoms with Crippen molar-refractivity contribution in [1.29, 1.82) is 0 Å². The van der Waals surface area contributed by atoms with Gasteiger partial charge in [-0.15, -0.1) is 12.4 Å². The monoisotopic (exact) mass is 375 g/mol. The van der Waals surface area contributed by atoms with E-state index in [0.717, 1.165) is 23.4 Å². The van der Waals surface area contributed by atoms with E-state index in [-0.39, 0.29) is 18.3 Å². The van der Waals surface area contributed by atoms with E-state index < -0.39 is 0 Å². The third-order valence-corrected chi connectivity index (χ3v) is 5.35. The standard InChI is InChI=1S/C21H29N3O.ClH/c1-15-14-20(16(2)24(15)19-6-4-3-5-7-19)21(25)23-13-12-17-8-10-18(22)11-9-17;/h8-11,14,19H,3-7,12-13,22H2,1-2H3,(H,23,25);1H. The SMILES string of the molecule is Cc1cc(C(=O)NCCc2ccc(N)cc2)c(C)n1C1CCCCC1.Cl. The normalized spacial score (nSPS) is 14.7.